The molecule has 17 heavy (non-hydrogen) atoms. The van der Waals surface area contributed by atoms with Crippen LogP contribution < -0.4 is 5.32 Å². The van der Waals surface area contributed by atoms with Crippen LogP contribution >= 0.6 is 0 Å². The van der Waals surface area contributed by atoms with Crippen LogP contribution in [0.3, 0.4) is 0 Å². The number of hydrogen-bond donors (Lipinski definition) is 1. The molecule has 96 valence electrons. The number of aryl methyl sites for hydroxylation is 1. The third-order valence-electron chi connectivity index (χ3n) is 2.83. The Morgan fingerprint density at radius 3 is 3.00 bits per heavy atom. The van der Waals surface area contributed by atoms with Crippen LogP contribution in [0, 0.1) is 5.92 Å². The molecule has 2 rings (SSSR count). The van der Waals surface area contributed by atoms with E-state index < -0.39 is 9.84 Å². The smallest absolute Gasteiger partial charge is 0.226 e. The lowest BCUT2D eigenvalue weighted by Gasteiger charge is -2.03. The Balaban J connectivity index is 1.85. The van der Waals surface area contributed by atoms with Crippen LogP contribution in [0.25, 0.3) is 0 Å². The van der Waals surface area contributed by atoms with Crippen molar-refractivity contribution >= 4 is 9.84 Å². The average molecular weight is 259 g/mol. The summed E-state index contributed by atoms with van der Waals surface area (Å²) in [7, 11) is -3.09. The van der Waals surface area contributed by atoms with E-state index in [4.69, 9.17) is 4.52 Å². The summed E-state index contributed by atoms with van der Waals surface area (Å²) in [6.45, 7) is 2.12. The highest BCUT2D eigenvalue weighted by Gasteiger charge is 2.17. The largest absolute Gasteiger partial charge is 0.339 e. The van der Waals surface area contributed by atoms with Crippen molar-refractivity contribution in [2.24, 2.45) is 5.92 Å². The highest BCUT2D eigenvalue weighted by molar-refractivity contribution is 7.89. The average Bonchev–Trinajstić information content (AvgIpc) is 2.82. The van der Waals surface area contributed by atoms with Gasteiger partial charge in [-0.2, -0.15) is 4.98 Å². The maximum Gasteiger partial charge on any atom is 0.226 e. The van der Waals surface area contributed by atoms with Crippen molar-refractivity contribution in [2.75, 3.05) is 19.3 Å². The molecule has 1 aromatic heterocycles. The summed E-state index contributed by atoms with van der Waals surface area (Å²) in [5.74, 6) is 1.31. The highest BCUT2D eigenvalue weighted by atomic mass is 32.2. The van der Waals surface area contributed by atoms with Gasteiger partial charge in [0.05, 0.1) is 0 Å². The summed E-state index contributed by atoms with van der Waals surface area (Å²) < 4.78 is 27.1. The summed E-state index contributed by atoms with van der Waals surface area (Å²) in [5, 5.41) is 6.96. The topological polar surface area (TPSA) is 85.1 Å². The van der Waals surface area contributed by atoms with E-state index in [2.05, 4.69) is 15.5 Å². The number of sulfone groups is 1. The molecule has 1 N–H and O–H groups in total. The Labute approximate surface area is 101 Å². The third-order valence-corrected chi connectivity index (χ3v) is 3.61. The van der Waals surface area contributed by atoms with Crippen molar-refractivity contribution in [2.45, 2.75) is 25.0 Å². The van der Waals surface area contributed by atoms with Gasteiger partial charge in [-0.25, -0.2) is 8.42 Å². The van der Waals surface area contributed by atoms with Gasteiger partial charge in [0.1, 0.15) is 5.75 Å². The molecule has 0 bridgehead atoms. The van der Waals surface area contributed by atoms with E-state index in [1.165, 1.54) is 6.42 Å². The van der Waals surface area contributed by atoms with E-state index in [-0.39, 0.29) is 11.6 Å². The number of rotatable bonds is 5. The van der Waals surface area contributed by atoms with E-state index in [1.807, 2.05) is 0 Å². The maximum atomic E-state index is 11.0. The second kappa shape index (κ2) is 5.14. The van der Waals surface area contributed by atoms with Crippen molar-refractivity contribution in [3.63, 3.8) is 0 Å². The first kappa shape index (κ1) is 12.5. The van der Waals surface area contributed by atoms with Gasteiger partial charge < -0.3 is 9.84 Å². The fourth-order valence-electron chi connectivity index (χ4n) is 1.97. The molecule has 6 nitrogen and oxygen atoms in total. The van der Waals surface area contributed by atoms with Crippen LogP contribution in [-0.2, 0) is 22.0 Å². The first-order valence-corrected chi connectivity index (χ1v) is 7.79. The van der Waals surface area contributed by atoms with Gasteiger partial charge in [-0.3, -0.25) is 0 Å². The van der Waals surface area contributed by atoms with E-state index in [9.17, 15) is 8.42 Å². The van der Waals surface area contributed by atoms with Crippen molar-refractivity contribution in [1.29, 1.82) is 0 Å². The predicted molar refractivity (Wildman–Crippen MR) is 62.1 cm³/mol. The van der Waals surface area contributed by atoms with Gasteiger partial charge in [0, 0.05) is 12.7 Å². The van der Waals surface area contributed by atoms with Gasteiger partial charge in [-0.1, -0.05) is 5.16 Å². The molecule has 1 atom stereocenters. The van der Waals surface area contributed by atoms with Gasteiger partial charge in [-0.15, -0.1) is 0 Å². The van der Waals surface area contributed by atoms with Gasteiger partial charge in [0.15, 0.2) is 15.7 Å². The first-order chi connectivity index (χ1) is 8.03. The monoisotopic (exact) mass is 259 g/mol. The van der Waals surface area contributed by atoms with E-state index >= 15 is 0 Å². The van der Waals surface area contributed by atoms with Crippen LogP contribution in [0.1, 0.15) is 24.6 Å². The quantitative estimate of drug-likeness (QED) is 0.810. The van der Waals surface area contributed by atoms with Crippen molar-refractivity contribution in [3.8, 4) is 0 Å². The molecular weight excluding hydrogens is 242 g/mol. The number of nitrogens with zero attached hydrogens (tertiary/aromatic N) is 2. The van der Waals surface area contributed by atoms with Crippen molar-refractivity contribution < 1.29 is 12.9 Å². The van der Waals surface area contributed by atoms with Gasteiger partial charge in [0.25, 0.3) is 0 Å². The zero-order chi connectivity index (χ0) is 12.3. The molecule has 2 heterocycles. The van der Waals surface area contributed by atoms with Crippen molar-refractivity contribution in [1.82, 2.24) is 15.5 Å². The van der Waals surface area contributed by atoms with Crippen molar-refractivity contribution in [3.05, 3.63) is 11.7 Å². The molecule has 7 heteroatoms. The van der Waals surface area contributed by atoms with E-state index in [0.29, 0.717) is 11.8 Å². The zero-order valence-corrected chi connectivity index (χ0v) is 10.7. The highest BCUT2D eigenvalue weighted by Crippen LogP contribution is 2.15. The Bertz CT molecular complexity index is 463. The van der Waals surface area contributed by atoms with Gasteiger partial charge in [-0.05, 0) is 31.8 Å². The lowest BCUT2D eigenvalue weighted by molar-refractivity contribution is 0.361. The van der Waals surface area contributed by atoms with Crippen LogP contribution in [0.5, 0.6) is 0 Å². The molecule has 0 aromatic carbocycles. The Morgan fingerprint density at radius 2 is 2.35 bits per heavy atom. The zero-order valence-electron chi connectivity index (χ0n) is 9.85. The minimum atomic E-state index is -3.09. The maximum absolute atomic E-state index is 11.0. The molecule has 1 aliphatic rings. The molecule has 1 saturated heterocycles. The molecule has 1 aliphatic heterocycles. The van der Waals surface area contributed by atoms with Crippen LogP contribution in [0.15, 0.2) is 4.52 Å². The van der Waals surface area contributed by atoms with Gasteiger partial charge >= 0.3 is 0 Å². The van der Waals surface area contributed by atoms with Crippen LogP contribution in [0.4, 0.5) is 0 Å². The first-order valence-electron chi connectivity index (χ1n) is 5.73. The Morgan fingerprint density at radius 1 is 1.53 bits per heavy atom. The Kier molecular flexibility index (Phi) is 3.78. The minimum Gasteiger partial charge on any atom is -0.339 e. The number of hydrogen-bond acceptors (Lipinski definition) is 6. The second-order valence-electron chi connectivity index (χ2n) is 4.57. The summed E-state index contributed by atoms with van der Waals surface area (Å²) in [6, 6.07) is 0. The van der Waals surface area contributed by atoms with E-state index in [1.54, 1.807) is 0 Å². The normalized spacial score (nSPS) is 20.9. The molecule has 1 fully saturated rings. The second-order valence-corrected chi connectivity index (χ2v) is 6.71. The molecular formula is C10H17N3O3S. The van der Waals surface area contributed by atoms with E-state index in [0.717, 1.165) is 32.2 Å². The number of nitrogens with one attached hydrogen (secondary N) is 1. The van der Waals surface area contributed by atoms with Crippen LogP contribution in [-0.4, -0.2) is 37.9 Å². The molecule has 0 radical (unpaired) electrons. The summed E-state index contributed by atoms with van der Waals surface area (Å²) in [5.41, 5.74) is 0. The molecule has 0 amide bonds. The van der Waals surface area contributed by atoms with Gasteiger partial charge in [0.2, 0.25) is 5.89 Å². The SMILES string of the molecule is CS(=O)(=O)Cc1noc(CCC2CCNC2)n1. The minimum absolute atomic E-state index is 0.151. The molecule has 1 aromatic rings. The fraction of sp³-hybridized carbons (Fsp3) is 0.800. The summed E-state index contributed by atoms with van der Waals surface area (Å²) in [4.78, 5) is 4.08. The standard InChI is InChI=1S/C10H17N3O3S/c1-17(14,15)7-9-12-10(16-13-9)3-2-8-4-5-11-6-8/h8,11H,2-7H2,1H3. The lowest BCUT2D eigenvalue weighted by atomic mass is 10.0. The molecule has 0 spiro atoms. The Hall–Kier alpha value is -0.950. The summed E-state index contributed by atoms with van der Waals surface area (Å²) in [6.07, 6.45) is 4.08. The van der Waals surface area contributed by atoms with Crippen LogP contribution in [0.2, 0.25) is 0 Å². The molecule has 0 saturated carbocycles. The predicted octanol–water partition coefficient (Wildman–Crippen LogP) is 0.156. The fourth-order valence-corrected chi connectivity index (χ4v) is 2.56. The molecule has 0 aliphatic carbocycles. The summed E-state index contributed by atoms with van der Waals surface area (Å²) >= 11 is 0. The lowest BCUT2D eigenvalue weighted by Crippen LogP contribution is -2.09. The number of aromatic nitrogens is 2. The molecule has 1 unspecified atom stereocenters. The third kappa shape index (κ3) is 4.08.